The molecule has 3 heteroatoms. The van der Waals surface area contributed by atoms with E-state index >= 15 is 0 Å². The molecule has 2 heterocycles. The molecule has 0 spiro atoms. The topological polar surface area (TPSA) is 21.3 Å². The van der Waals surface area contributed by atoms with Gasteiger partial charge in [-0.05, 0) is 118 Å². The fourth-order valence-electron chi connectivity index (χ4n) is 8.42. The lowest BCUT2D eigenvalue weighted by Crippen LogP contribution is -2.09. The van der Waals surface area contributed by atoms with Crippen LogP contribution in [0.5, 0.6) is 0 Å². The molecule has 3 nitrogen and oxygen atoms in total. The van der Waals surface area contributed by atoms with Gasteiger partial charge in [0.1, 0.15) is 11.2 Å². The molecule has 11 aromatic rings. The monoisotopic (exact) mass is 728 g/mol. The Bertz CT molecular complexity index is 3210. The zero-order valence-electron chi connectivity index (χ0n) is 31.1. The quantitative estimate of drug-likeness (QED) is 0.163. The maximum atomic E-state index is 6.23. The van der Waals surface area contributed by atoms with Crippen LogP contribution in [0.4, 0.5) is 17.1 Å². The second-order valence-electron chi connectivity index (χ2n) is 14.6. The van der Waals surface area contributed by atoms with E-state index in [2.05, 4.69) is 216 Å². The molecule has 2 aromatic heterocycles. The number of hydrogen-bond donors (Lipinski definition) is 0. The molecule has 0 saturated heterocycles. The van der Waals surface area contributed by atoms with Crippen molar-refractivity contribution in [2.24, 2.45) is 0 Å². The van der Waals surface area contributed by atoms with Crippen LogP contribution in [-0.2, 0) is 0 Å². The number of rotatable bonds is 7. The van der Waals surface area contributed by atoms with Crippen molar-refractivity contribution in [2.75, 3.05) is 4.90 Å². The molecule has 0 amide bonds. The van der Waals surface area contributed by atoms with Gasteiger partial charge in [-0.1, -0.05) is 133 Å². The minimum atomic E-state index is 0.882. The number of para-hydroxylation sites is 3. The molecule has 0 aliphatic heterocycles. The van der Waals surface area contributed by atoms with Crippen molar-refractivity contribution >= 4 is 60.8 Å². The molecular weight excluding hydrogens is 693 g/mol. The van der Waals surface area contributed by atoms with E-state index in [1.807, 2.05) is 12.1 Å². The number of fused-ring (bicyclic) bond motifs is 6. The third-order valence-corrected chi connectivity index (χ3v) is 11.2. The fourth-order valence-corrected chi connectivity index (χ4v) is 8.42. The van der Waals surface area contributed by atoms with Crippen molar-refractivity contribution < 1.29 is 4.42 Å². The van der Waals surface area contributed by atoms with E-state index < -0.39 is 0 Å². The highest BCUT2D eigenvalue weighted by Crippen LogP contribution is 2.41. The van der Waals surface area contributed by atoms with Crippen molar-refractivity contribution in [1.29, 1.82) is 0 Å². The first-order chi connectivity index (χ1) is 28.2. The van der Waals surface area contributed by atoms with Crippen molar-refractivity contribution in [3.8, 4) is 39.1 Å². The Labute approximate surface area is 330 Å². The molecule has 0 saturated carbocycles. The highest BCUT2D eigenvalue weighted by Gasteiger charge is 2.17. The molecule has 0 bridgehead atoms. The predicted octanol–water partition coefficient (Wildman–Crippen LogP) is 15.2. The van der Waals surface area contributed by atoms with Crippen LogP contribution in [0.15, 0.2) is 223 Å². The summed E-state index contributed by atoms with van der Waals surface area (Å²) in [6.07, 6.45) is 0. The number of nitrogens with zero attached hydrogens (tertiary/aromatic N) is 2. The number of furan rings is 1. The van der Waals surface area contributed by atoms with Gasteiger partial charge in [0.15, 0.2) is 0 Å². The SMILES string of the molecule is c1ccc(-c2cccc(-c3ccc(N(c4ccc(-c5ccc6c(c5)c5ccccc5n6-c5ccccc5)cc4)c4ccc5oc6ccccc6c5c4)cc3)c2)cc1. The van der Waals surface area contributed by atoms with Gasteiger partial charge in [0, 0.05) is 44.3 Å². The Hall–Kier alpha value is -7.62. The summed E-state index contributed by atoms with van der Waals surface area (Å²) in [7, 11) is 0. The molecule has 0 radical (unpaired) electrons. The van der Waals surface area contributed by atoms with E-state index in [1.54, 1.807) is 0 Å². The van der Waals surface area contributed by atoms with Crippen LogP contribution in [0.3, 0.4) is 0 Å². The molecule has 0 fully saturated rings. The van der Waals surface area contributed by atoms with Crippen LogP contribution in [0.2, 0.25) is 0 Å². The van der Waals surface area contributed by atoms with Crippen LogP contribution in [-0.4, -0.2) is 4.57 Å². The molecule has 0 aliphatic rings. The maximum absolute atomic E-state index is 6.23. The lowest BCUT2D eigenvalue weighted by Gasteiger charge is -2.26. The van der Waals surface area contributed by atoms with Gasteiger partial charge >= 0.3 is 0 Å². The van der Waals surface area contributed by atoms with Gasteiger partial charge in [0.2, 0.25) is 0 Å². The highest BCUT2D eigenvalue weighted by atomic mass is 16.3. The Morgan fingerprint density at radius 3 is 1.53 bits per heavy atom. The first kappa shape index (κ1) is 32.8. The number of aromatic nitrogens is 1. The molecule has 0 unspecified atom stereocenters. The third kappa shape index (κ3) is 5.76. The average molecular weight is 729 g/mol. The molecule has 0 aliphatic carbocycles. The van der Waals surface area contributed by atoms with Crippen LogP contribution in [0, 0.1) is 0 Å². The summed E-state index contributed by atoms with van der Waals surface area (Å²) in [6, 6.07) is 78.2. The molecule has 11 rings (SSSR count). The summed E-state index contributed by atoms with van der Waals surface area (Å²) >= 11 is 0. The second-order valence-corrected chi connectivity index (χ2v) is 14.6. The highest BCUT2D eigenvalue weighted by molar-refractivity contribution is 6.10. The normalized spacial score (nSPS) is 11.5. The van der Waals surface area contributed by atoms with Crippen molar-refractivity contribution in [3.05, 3.63) is 218 Å². The van der Waals surface area contributed by atoms with Crippen LogP contribution in [0.1, 0.15) is 0 Å². The van der Waals surface area contributed by atoms with Crippen LogP contribution >= 0.6 is 0 Å². The third-order valence-electron chi connectivity index (χ3n) is 11.2. The minimum absolute atomic E-state index is 0.882. The molecule has 268 valence electrons. The van der Waals surface area contributed by atoms with Gasteiger partial charge in [-0.2, -0.15) is 0 Å². The Kier molecular flexibility index (Phi) is 7.82. The van der Waals surface area contributed by atoms with E-state index in [0.717, 1.165) is 44.7 Å². The summed E-state index contributed by atoms with van der Waals surface area (Å²) in [5, 5.41) is 4.70. The fraction of sp³-hybridized carbons (Fsp3) is 0. The van der Waals surface area contributed by atoms with E-state index in [4.69, 9.17) is 4.42 Å². The number of hydrogen-bond acceptors (Lipinski definition) is 2. The maximum Gasteiger partial charge on any atom is 0.135 e. The van der Waals surface area contributed by atoms with Gasteiger partial charge in [-0.15, -0.1) is 0 Å². The molecular formula is C54H36N2O. The lowest BCUT2D eigenvalue weighted by molar-refractivity contribution is 0.669. The first-order valence-corrected chi connectivity index (χ1v) is 19.4. The molecule has 57 heavy (non-hydrogen) atoms. The van der Waals surface area contributed by atoms with Crippen molar-refractivity contribution in [3.63, 3.8) is 0 Å². The summed E-state index contributed by atoms with van der Waals surface area (Å²) in [5.74, 6) is 0. The number of benzene rings is 9. The Balaban J connectivity index is 0.995. The van der Waals surface area contributed by atoms with Crippen molar-refractivity contribution in [2.45, 2.75) is 0 Å². The predicted molar refractivity (Wildman–Crippen MR) is 239 cm³/mol. The summed E-state index contributed by atoms with van der Waals surface area (Å²) < 4.78 is 8.60. The molecule has 0 atom stereocenters. The summed E-state index contributed by atoms with van der Waals surface area (Å²) in [5.41, 5.74) is 15.7. The van der Waals surface area contributed by atoms with E-state index in [9.17, 15) is 0 Å². The van der Waals surface area contributed by atoms with E-state index in [1.165, 1.54) is 55.2 Å². The minimum Gasteiger partial charge on any atom is -0.456 e. The van der Waals surface area contributed by atoms with Gasteiger partial charge in [0.25, 0.3) is 0 Å². The van der Waals surface area contributed by atoms with E-state index in [0.29, 0.717) is 0 Å². The van der Waals surface area contributed by atoms with E-state index in [-0.39, 0.29) is 0 Å². The van der Waals surface area contributed by atoms with Gasteiger partial charge in [-0.3, -0.25) is 0 Å². The zero-order chi connectivity index (χ0) is 37.7. The second kappa shape index (κ2) is 13.6. The Morgan fingerprint density at radius 2 is 0.807 bits per heavy atom. The molecule has 0 N–H and O–H groups in total. The summed E-state index contributed by atoms with van der Waals surface area (Å²) in [4.78, 5) is 2.34. The van der Waals surface area contributed by atoms with Gasteiger partial charge < -0.3 is 13.9 Å². The number of anilines is 3. The lowest BCUT2D eigenvalue weighted by atomic mass is 9.99. The Morgan fingerprint density at radius 1 is 0.298 bits per heavy atom. The van der Waals surface area contributed by atoms with Gasteiger partial charge in [0.05, 0.1) is 11.0 Å². The van der Waals surface area contributed by atoms with Gasteiger partial charge in [-0.25, -0.2) is 0 Å². The zero-order valence-corrected chi connectivity index (χ0v) is 31.1. The molecule has 9 aromatic carbocycles. The summed E-state index contributed by atoms with van der Waals surface area (Å²) in [6.45, 7) is 0. The first-order valence-electron chi connectivity index (χ1n) is 19.4. The smallest absolute Gasteiger partial charge is 0.135 e. The van der Waals surface area contributed by atoms with Crippen LogP contribution in [0.25, 0.3) is 82.8 Å². The standard InChI is InChI=1S/C54H36N2O/c1-3-12-37(13-4-1)40-14-11-15-41(34-40)38-22-27-44(28-23-38)55(46-31-33-54-50(36-46)48-19-8-10-21-53(48)57-54)45-29-24-39(25-30-45)42-26-32-52-49(35-42)47-18-7-9-20-51(47)56(52)43-16-5-2-6-17-43/h1-36H. The van der Waals surface area contributed by atoms with Crippen molar-refractivity contribution in [1.82, 2.24) is 4.57 Å². The average Bonchev–Trinajstić information content (AvgIpc) is 3.83. The largest absolute Gasteiger partial charge is 0.456 e. The van der Waals surface area contributed by atoms with Crippen LogP contribution < -0.4 is 4.90 Å².